The number of halogens is 1. The summed E-state index contributed by atoms with van der Waals surface area (Å²) in [5.74, 6) is 0.291. The van der Waals surface area contributed by atoms with E-state index in [9.17, 15) is 8.60 Å². The molecule has 1 aromatic heterocycles. The first kappa shape index (κ1) is 20.7. The zero-order chi connectivity index (χ0) is 21.3. The predicted molar refractivity (Wildman–Crippen MR) is 118 cm³/mol. The van der Waals surface area contributed by atoms with Crippen molar-refractivity contribution in [2.75, 3.05) is 12.5 Å². The molecule has 3 aromatic rings. The van der Waals surface area contributed by atoms with Gasteiger partial charge in [-0.05, 0) is 56.4 Å². The Kier molecular flexibility index (Phi) is 5.73. The lowest BCUT2D eigenvalue weighted by atomic mass is 10.0. The van der Waals surface area contributed by atoms with Crippen LogP contribution in [0, 0.1) is 12.7 Å². The fourth-order valence-electron chi connectivity index (χ4n) is 4.04. The predicted octanol–water partition coefficient (Wildman–Crippen LogP) is 5.35. The van der Waals surface area contributed by atoms with Gasteiger partial charge in [0.1, 0.15) is 17.9 Å². The van der Waals surface area contributed by atoms with Crippen LogP contribution >= 0.6 is 0 Å². The molecule has 7 heteroatoms. The van der Waals surface area contributed by atoms with Gasteiger partial charge in [-0.1, -0.05) is 6.07 Å². The standard InChI is InChI=1S/C23H26FN3O2S/c1-15-10-18(27-30(2,3)28)13-21-23(15)20(25-14-26-21)11-16-8-9-17(24)12-22(16)29-19-6-4-5-7-19/h8-10,12-14,19H,4-7,11H2,1-3H3. The molecule has 1 heterocycles. The van der Waals surface area contributed by atoms with Gasteiger partial charge in [-0.3, -0.25) is 0 Å². The molecule has 2 aromatic carbocycles. The van der Waals surface area contributed by atoms with Crippen LogP contribution in [-0.4, -0.2) is 32.8 Å². The summed E-state index contributed by atoms with van der Waals surface area (Å²) in [7, 11) is -2.26. The van der Waals surface area contributed by atoms with Gasteiger partial charge < -0.3 is 4.74 Å². The second kappa shape index (κ2) is 8.30. The molecule has 0 radical (unpaired) electrons. The molecule has 1 aliphatic carbocycles. The van der Waals surface area contributed by atoms with Crippen LogP contribution in [0.2, 0.25) is 0 Å². The zero-order valence-corrected chi connectivity index (χ0v) is 18.3. The van der Waals surface area contributed by atoms with E-state index in [0.29, 0.717) is 17.9 Å². The Balaban J connectivity index is 1.73. The molecule has 4 rings (SSSR count). The topological polar surface area (TPSA) is 64.4 Å². The molecule has 0 unspecified atom stereocenters. The van der Waals surface area contributed by atoms with Crippen LogP contribution in [0.25, 0.3) is 10.9 Å². The van der Waals surface area contributed by atoms with Crippen LogP contribution in [-0.2, 0) is 16.1 Å². The summed E-state index contributed by atoms with van der Waals surface area (Å²) >= 11 is 0. The first-order valence-corrected chi connectivity index (χ1v) is 12.5. The zero-order valence-electron chi connectivity index (χ0n) is 17.5. The highest BCUT2D eigenvalue weighted by Crippen LogP contribution is 2.32. The Morgan fingerprint density at radius 3 is 2.67 bits per heavy atom. The molecule has 0 amide bonds. The smallest absolute Gasteiger partial charge is 0.126 e. The van der Waals surface area contributed by atoms with E-state index in [4.69, 9.17) is 4.74 Å². The summed E-state index contributed by atoms with van der Waals surface area (Å²) in [4.78, 5) is 8.91. The molecule has 1 aliphatic rings. The molecule has 0 bridgehead atoms. The number of benzene rings is 2. The van der Waals surface area contributed by atoms with E-state index in [-0.39, 0.29) is 11.9 Å². The molecule has 0 spiro atoms. The lowest BCUT2D eigenvalue weighted by Crippen LogP contribution is -2.12. The number of ether oxygens (including phenoxy) is 1. The minimum absolute atomic E-state index is 0.150. The SMILES string of the molecule is Cc1cc(N=S(C)(C)=O)cc2ncnc(Cc3ccc(F)cc3OC3CCCC3)c12. The van der Waals surface area contributed by atoms with Crippen LogP contribution in [0.5, 0.6) is 5.75 Å². The number of nitrogens with zero attached hydrogens (tertiary/aromatic N) is 3. The Hall–Kier alpha value is -2.54. The Labute approximate surface area is 176 Å². The van der Waals surface area contributed by atoms with E-state index in [0.717, 1.165) is 53.4 Å². The van der Waals surface area contributed by atoms with Gasteiger partial charge in [-0.25, -0.2) is 18.6 Å². The van der Waals surface area contributed by atoms with Crippen LogP contribution in [0.3, 0.4) is 0 Å². The Morgan fingerprint density at radius 2 is 1.93 bits per heavy atom. The monoisotopic (exact) mass is 427 g/mol. The molecule has 0 atom stereocenters. The summed E-state index contributed by atoms with van der Waals surface area (Å²) in [6, 6.07) is 8.45. The van der Waals surface area contributed by atoms with Crippen LogP contribution < -0.4 is 4.74 Å². The summed E-state index contributed by atoms with van der Waals surface area (Å²) < 4.78 is 36.4. The molecular formula is C23H26FN3O2S. The lowest BCUT2D eigenvalue weighted by molar-refractivity contribution is 0.207. The summed E-state index contributed by atoms with van der Waals surface area (Å²) in [6.07, 6.45) is 9.73. The van der Waals surface area contributed by atoms with Crippen molar-refractivity contribution in [3.05, 3.63) is 59.3 Å². The Morgan fingerprint density at radius 1 is 1.17 bits per heavy atom. The molecule has 158 valence electrons. The molecule has 5 nitrogen and oxygen atoms in total. The van der Waals surface area contributed by atoms with Crippen LogP contribution in [0.15, 0.2) is 41.0 Å². The van der Waals surface area contributed by atoms with Gasteiger partial charge in [0.15, 0.2) is 0 Å². The lowest BCUT2D eigenvalue weighted by Gasteiger charge is -2.17. The summed E-state index contributed by atoms with van der Waals surface area (Å²) in [5.41, 5.74) is 4.11. The third-order valence-corrected chi connectivity index (χ3v) is 5.96. The number of aromatic nitrogens is 2. The molecule has 0 aliphatic heterocycles. The van der Waals surface area contributed by atoms with Crippen molar-refractivity contribution in [3.8, 4) is 5.75 Å². The third kappa shape index (κ3) is 4.78. The van der Waals surface area contributed by atoms with Gasteiger partial charge in [-0.15, -0.1) is 0 Å². The van der Waals surface area contributed by atoms with Gasteiger partial charge in [0.25, 0.3) is 0 Å². The van der Waals surface area contributed by atoms with Crippen molar-refractivity contribution in [2.45, 2.75) is 45.1 Å². The van der Waals surface area contributed by atoms with E-state index in [1.165, 1.54) is 18.5 Å². The van der Waals surface area contributed by atoms with Crippen molar-refractivity contribution in [3.63, 3.8) is 0 Å². The summed E-state index contributed by atoms with van der Waals surface area (Å²) in [5, 5.41) is 0.936. The second-order valence-corrected chi connectivity index (χ2v) is 10.7. The highest BCUT2D eigenvalue weighted by Gasteiger charge is 2.19. The minimum atomic E-state index is -2.26. The number of aryl methyl sites for hydroxylation is 1. The fraction of sp³-hybridized carbons (Fsp3) is 0.391. The van der Waals surface area contributed by atoms with Gasteiger partial charge in [0.2, 0.25) is 0 Å². The van der Waals surface area contributed by atoms with Crippen LogP contribution in [0.4, 0.5) is 10.1 Å². The third-order valence-electron chi connectivity index (χ3n) is 5.31. The highest BCUT2D eigenvalue weighted by molar-refractivity contribution is 7.92. The minimum Gasteiger partial charge on any atom is -0.490 e. The number of hydrogen-bond donors (Lipinski definition) is 0. The summed E-state index contributed by atoms with van der Waals surface area (Å²) in [6.45, 7) is 1.97. The first-order valence-electron chi connectivity index (χ1n) is 10.1. The van der Waals surface area contributed by atoms with Gasteiger partial charge >= 0.3 is 0 Å². The van der Waals surface area contributed by atoms with Gasteiger partial charge in [0, 0.05) is 45.7 Å². The van der Waals surface area contributed by atoms with E-state index in [1.54, 1.807) is 18.6 Å². The molecular weight excluding hydrogens is 401 g/mol. The largest absolute Gasteiger partial charge is 0.490 e. The number of hydrogen-bond acceptors (Lipinski definition) is 5. The molecule has 0 N–H and O–H groups in total. The fourth-order valence-corrected chi connectivity index (χ4v) is 4.66. The van der Waals surface area contributed by atoms with Crippen LogP contribution in [0.1, 0.15) is 42.5 Å². The molecule has 1 fully saturated rings. The van der Waals surface area contributed by atoms with Crippen molar-refractivity contribution < 1.29 is 13.3 Å². The Bertz CT molecular complexity index is 1200. The highest BCUT2D eigenvalue weighted by atomic mass is 32.2. The van der Waals surface area contributed by atoms with E-state index >= 15 is 0 Å². The van der Waals surface area contributed by atoms with E-state index in [2.05, 4.69) is 14.3 Å². The van der Waals surface area contributed by atoms with Crippen molar-refractivity contribution in [1.29, 1.82) is 0 Å². The van der Waals surface area contributed by atoms with E-state index < -0.39 is 9.73 Å². The average Bonchev–Trinajstić information content (AvgIpc) is 3.15. The van der Waals surface area contributed by atoms with Crippen molar-refractivity contribution in [1.82, 2.24) is 9.97 Å². The number of rotatable bonds is 5. The molecule has 0 saturated heterocycles. The average molecular weight is 428 g/mol. The van der Waals surface area contributed by atoms with Crippen molar-refractivity contribution >= 4 is 26.3 Å². The van der Waals surface area contributed by atoms with Crippen molar-refractivity contribution in [2.24, 2.45) is 4.36 Å². The maximum Gasteiger partial charge on any atom is 0.126 e. The number of fused-ring (bicyclic) bond motifs is 1. The normalized spacial score (nSPS) is 14.9. The van der Waals surface area contributed by atoms with E-state index in [1.807, 2.05) is 19.1 Å². The maximum atomic E-state index is 13.9. The molecule has 30 heavy (non-hydrogen) atoms. The maximum absolute atomic E-state index is 13.9. The van der Waals surface area contributed by atoms with Gasteiger partial charge in [-0.2, -0.15) is 4.36 Å². The molecule has 1 saturated carbocycles. The second-order valence-electron chi connectivity index (χ2n) is 8.20. The first-order chi connectivity index (χ1) is 14.3. The quantitative estimate of drug-likeness (QED) is 0.551. The van der Waals surface area contributed by atoms with Gasteiger partial charge in [0.05, 0.1) is 23.0 Å².